The monoisotopic (exact) mass is 255 g/mol. The molecule has 0 bridgehead atoms. The molecule has 4 nitrogen and oxygen atoms in total. The predicted octanol–water partition coefficient (Wildman–Crippen LogP) is 1.35. The van der Waals surface area contributed by atoms with Gasteiger partial charge < -0.3 is 16.0 Å². The van der Waals surface area contributed by atoms with E-state index in [2.05, 4.69) is 24.2 Å². The van der Waals surface area contributed by atoms with E-state index in [9.17, 15) is 4.79 Å². The molecule has 0 aromatic rings. The van der Waals surface area contributed by atoms with Crippen LogP contribution in [-0.2, 0) is 4.79 Å². The summed E-state index contributed by atoms with van der Waals surface area (Å²) in [6, 6.07) is 0.198. The number of carbonyl (C=O) groups excluding carboxylic acids is 1. The number of hydrogen-bond acceptors (Lipinski definition) is 3. The number of hydrogen-bond donors (Lipinski definition) is 2. The summed E-state index contributed by atoms with van der Waals surface area (Å²) in [5.74, 6) is 0.177. The molecule has 1 atom stereocenters. The van der Waals surface area contributed by atoms with Crippen molar-refractivity contribution in [1.29, 1.82) is 0 Å². The van der Waals surface area contributed by atoms with Crippen LogP contribution in [0.15, 0.2) is 0 Å². The first-order valence-corrected chi connectivity index (χ1v) is 7.12. The Labute approximate surface area is 111 Å². The summed E-state index contributed by atoms with van der Waals surface area (Å²) < 4.78 is 0. The smallest absolute Gasteiger partial charge is 0.220 e. The zero-order chi connectivity index (χ0) is 13.6. The number of nitrogens with two attached hydrogens (primary N) is 1. The number of nitrogens with one attached hydrogen (secondary N) is 1. The van der Waals surface area contributed by atoms with Gasteiger partial charge in [0.25, 0.3) is 0 Å². The maximum Gasteiger partial charge on any atom is 0.220 e. The Balaban J connectivity index is 2.17. The first-order chi connectivity index (χ1) is 8.41. The summed E-state index contributed by atoms with van der Waals surface area (Å²) in [7, 11) is 2.16. The summed E-state index contributed by atoms with van der Waals surface area (Å²) in [5, 5.41) is 3.08. The molecule has 3 N–H and O–H groups in total. The fourth-order valence-corrected chi connectivity index (χ4v) is 2.32. The average Bonchev–Trinajstić information content (AvgIpc) is 2.31. The lowest BCUT2D eigenvalue weighted by Gasteiger charge is -2.38. The molecule has 1 heterocycles. The molecule has 1 saturated heterocycles. The van der Waals surface area contributed by atoms with Crippen molar-refractivity contribution < 1.29 is 4.79 Å². The molecule has 1 unspecified atom stereocenters. The summed E-state index contributed by atoms with van der Waals surface area (Å²) in [6.45, 7) is 7.35. The Kier molecular flexibility index (Phi) is 6.09. The van der Waals surface area contributed by atoms with Gasteiger partial charge in [-0.1, -0.05) is 6.92 Å². The molecule has 0 aliphatic carbocycles. The Hall–Kier alpha value is -0.610. The highest BCUT2D eigenvalue weighted by Crippen LogP contribution is 2.29. The van der Waals surface area contributed by atoms with E-state index in [0.717, 1.165) is 32.5 Å². The molecule has 1 fully saturated rings. The van der Waals surface area contributed by atoms with Crippen molar-refractivity contribution in [3.8, 4) is 0 Å². The highest BCUT2D eigenvalue weighted by molar-refractivity contribution is 5.75. The van der Waals surface area contributed by atoms with Crippen LogP contribution in [-0.4, -0.2) is 43.5 Å². The number of nitrogens with zero attached hydrogens (tertiary/aromatic N) is 1. The first-order valence-electron chi connectivity index (χ1n) is 7.12. The van der Waals surface area contributed by atoms with E-state index in [1.165, 1.54) is 12.8 Å². The Morgan fingerprint density at radius 2 is 2.06 bits per heavy atom. The minimum Gasteiger partial charge on any atom is -0.356 e. The van der Waals surface area contributed by atoms with Crippen molar-refractivity contribution in [3.05, 3.63) is 0 Å². The van der Waals surface area contributed by atoms with Gasteiger partial charge in [-0.3, -0.25) is 4.79 Å². The topological polar surface area (TPSA) is 58.4 Å². The van der Waals surface area contributed by atoms with Crippen molar-refractivity contribution in [2.24, 2.45) is 11.1 Å². The van der Waals surface area contributed by atoms with Crippen LogP contribution >= 0.6 is 0 Å². The van der Waals surface area contributed by atoms with Gasteiger partial charge in [0, 0.05) is 19.0 Å². The molecule has 18 heavy (non-hydrogen) atoms. The second-order valence-electron chi connectivity index (χ2n) is 6.26. The van der Waals surface area contributed by atoms with Crippen LogP contribution in [0.3, 0.4) is 0 Å². The van der Waals surface area contributed by atoms with Gasteiger partial charge in [0.05, 0.1) is 0 Å². The summed E-state index contributed by atoms with van der Waals surface area (Å²) >= 11 is 0. The van der Waals surface area contributed by atoms with E-state index in [1.807, 2.05) is 6.92 Å². The van der Waals surface area contributed by atoms with E-state index in [0.29, 0.717) is 6.42 Å². The molecule has 106 valence electrons. The summed E-state index contributed by atoms with van der Waals surface area (Å²) in [4.78, 5) is 14.1. The molecule has 1 aliphatic heterocycles. The molecule has 0 spiro atoms. The van der Waals surface area contributed by atoms with Crippen LogP contribution in [0.5, 0.6) is 0 Å². The predicted molar refractivity (Wildman–Crippen MR) is 75.3 cm³/mol. The summed E-state index contributed by atoms with van der Waals surface area (Å²) in [6.07, 6.45) is 4.77. The van der Waals surface area contributed by atoms with Gasteiger partial charge >= 0.3 is 0 Å². The van der Waals surface area contributed by atoms with E-state index in [1.54, 1.807) is 0 Å². The van der Waals surface area contributed by atoms with Crippen LogP contribution < -0.4 is 11.1 Å². The second-order valence-corrected chi connectivity index (χ2v) is 6.26. The molecule has 1 aliphatic rings. The van der Waals surface area contributed by atoms with Gasteiger partial charge in [-0.25, -0.2) is 0 Å². The standard InChI is InChI=1S/C14H29N3O/c1-12(15)5-4-6-13(18)16-11-14(2)7-9-17(3)10-8-14/h12H,4-11,15H2,1-3H3,(H,16,18). The number of piperidine rings is 1. The highest BCUT2D eigenvalue weighted by Gasteiger charge is 2.28. The van der Waals surface area contributed by atoms with E-state index in [4.69, 9.17) is 5.73 Å². The zero-order valence-corrected chi connectivity index (χ0v) is 12.2. The molecule has 0 aromatic carbocycles. The number of rotatable bonds is 6. The molecule has 4 heteroatoms. The third-order valence-electron chi connectivity index (χ3n) is 3.97. The molecule has 1 rings (SSSR count). The Morgan fingerprint density at radius 1 is 1.44 bits per heavy atom. The van der Waals surface area contributed by atoms with E-state index < -0.39 is 0 Å². The normalized spacial score (nSPS) is 21.6. The third-order valence-corrected chi connectivity index (χ3v) is 3.97. The van der Waals surface area contributed by atoms with Gasteiger partial charge in [0.1, 0.15) is 0 Å². The molecule has 0 radical (unpaired) electrons. The SMILES string of the molecule is CC(N)CCCC(=O)NCC1(C)CCN(C)CC1. The first kappa shape index (κ1) is 15.4. The average molecular weight is 255 g/mol. The van der Waals surface area contributed by atoms with Crippen molar-refractivity contribution in [2.45, 2.75) is 52.0 Å². The van der Waals surface area contributed by atoms with Crippen molar-refractivity contribution in [1.82, 2.24) is 10.2 Å². The van der Waals surface area contributed by atoms with Gasteiger partial charge in [-0.15, -0.1) is 0 Å². The summed E-state index contributed by atoms with van der Waals surface area (Å²) in [5.41, 5.74) is 5.95. The largest absolute Gasteiger partial charge is 0.356 e. The van der Waals surface area contributed by atoms with Crippen LogP contribution in [0.4, 0.5) is 0 Å². The second kappa shape index (κ2) is 7.10. The third kappa shape index (κ3) is 5.83. The maximum atomic E-state index is 11.7. The number of amides is 1. The quantitative estimate of drug-likeness (QED) is 0.753. The van der Waals surface area contributed by atoms with Crippen molar-refractivity contribution >= 4 is 5.91 Å². The highest BCUT2D eigenvalue weighted by atomic mass is 16.1. The van der Waals surface area contributed by atoms with Gasteiger partial charge in [-0.2, -0.15) is 0 Å². The van der Waals surface area contributed by atoms with Crippen molar-refractivity contribution in [3.63, 3.8) is 0 Å². The van der Waals surface area contributed by atoms with Gasteiger partial charge in [0.2, 0.25) is 5.91 Å². The lowest BCUT2D eigenvalue weighted by atomic mass is 9.80. The van der Waals surface area contributed by atoms with Crippen LogP contribution in [0.25, 0.3) is 0 Å². The zero-order valence-electron chi connectivity index (χ0n) is 12.2. The molecule has 1 amide bonds. The lowest BCUT2D eigenvalue weighted by molar-refractivity contribution is -0.121. The maximum absolute atomic E-state index is 11.7. The Bertz CT molecular complexity index is 258. The van der Waals surface area contributed by atoms with E-state index in [-0.39, 0.29) is 17.4 Å². The van der Waals surface area contributed by atoms with Crippen LogP contribution in [0.2, 0.25) is 0 Å². The molecular weight excluding hydrogens is 226 g/mol. The number of carbonyl (C=O) groups is 1. The lowest BCUT2D eigenvalue weighted by Crippen LogP contribution is -2.43. The molecular formula is C14H29N3O. The minimum absolute atomic E-state index is 0.177. The molecule has 0 aromatic heterocycles. The number of likely N-dealkylation sites (tertiary alicyclic amines) is 1. The van der Waals surface area contributed by atoms with E-state index >= 15 is 0 Å². The van der Waals surface area contributed by atoms with Gasteiger partial charge in [0.15, 0.2) is 0 Å². The fourth-order valence-electron chi connectivity index (χ4n) is 2.32. The van der Waals surface area contributed by atoms with Crippen LogP contribution in [0.1, 0.15) is 46.0 Å². The minimum atomic E-state index is 0.177. The van der Waals surface area contributed by atoms with Crippen molar-refractivity contribution in [2.75, 3.05) is 26.7 Å². The molecule has 0 saturated carbocycles. The Morgan fingerprint density at radius 3 is 2.61 bits per heavy atom. The van der Waals surface area contributed by atoms with Gasteiger partial charge in [-0.05, 0) is 58.2 Å². The van der Waals surface area contributed by atoms with Crippen LogP contribution in [0, 0.1) is 5.41 Å². The fraction of sp³-hybridized carbons (Fsp3) is 0.929.